The van der Waals surface area contributed by atoms with Gasteiger partial charge in [0.1, 0.15) is 0 Å². The molecule has 1 rings (SSSR count). The average Bonchev–Trinajstić information content (AvgIpc) is 2.17. The predicted octanol–water partition coefficient (Wildman–Crippen LogP) is 1.05. The fraction of sp³-hybridized carbons (Fsp3) is 0.455. The Kier molecular flexibility index (Phi) is 4.43. The zero-order valence-corrected chi connectivity index (χ0v) is 8.79. The van der Waals surface area contributed by atoms with E-state index in [1.165, 1.54) is 5.56 Å². The molecule has 3 heteroatoms. The highest BCUT2D eigenvalue weighted by atomic mass is 16.5. The van der Waals surface area contributed by atoms with Crippen LogP contribution in [0.4, 0.5) is 5.69 Å². The minimum absolute atomic E-state index is 0.349. The summed E-state index contributed by atoms with van der Waals surface area (Å²) < 4.78 is 5.10. The summed E-state index contributed by atoms with van der Waals surface area (Å²) in [6, 6.07) is 8.30. The van der Waals surface area contributed by atoms with Crippen LogP contribution in [0.15, 0.2) is 24.3 Å². The minimum atomic E-state index is 0.349. The number of nitrogens with one attached hydrogen (secondary N) is 1. The first-order chi connectivity index (χ1) is 6.76. The minimum Gasteiger partial charge on any atom is -0.399 e. The predicted molar refractivity (Wildman–Crippen MR) is 59.3 cm³/mol. The second kappa shape index (κ2) is 5.62. The first-order valence-corrected chi connectivity index (χ1v) is 4.77. The van der Waals surface area contributed by atoms with Crippen LogP contribution in [0, 0.1) is 0 Å². The maximum Gasteiger partial charge on any atom is 0.0618 e. The smallest absolute Gasteiger partial charge is 0.0618 e. The Labute approximate surface area is 85.3 Å². The lowest BCUT2D eigenvalue weighted by Gasteiger charge is -2.15. The van der Waals surface area contributed by atoms with Crippen molar-refractivity contribution in [3.05, 3.63) is 29.8 Å². The third-order valence-electron chi connectivity index (χ3n) is 2.21. The van der Waals surface area contributed by atoms with E-state index in [-0.39, 0.29) is 0 Å². The van der Waals surface area contributed by atoms with Crippen LogP contribution in [0.2, 0.25) is 0 Å². The fourth-order valence-electron chi connectivity index (χ4n) is 1.45. The molecule has 0 aliphatic carbocycles. The number of methoxy groups -OCH3 is 1. The molecule has 0 saturated carbocycles. The topological polar surface area (TPSA) is 47.3 Å². The molecule has 0 radical (unpaired) electrons. The highest BCUT2D eigenvalue weighted by molar-refractivity contribution is 5.40. The molecule has 1 aromatic carbocycles. The van der Waals surface area contributed by atoms with Crippen molar-refractivity contribution in [2.24, 2.45) is 0 Å². The molecule has 0 fully saturated rings. The van der Waals surface area contributed by atoms with Crippen LogP contribution in [-0.4, -0.2) is 26.8 Å². The van der Waals surface area contributed by atoms with Crippen molar-refractivity contribution in [2.45, 2.75) is 12.5 Å². The van der Waals surface area contributed by atoms with Gasteiger partial charge in [0, 0.05) is 18.8 Å². The van der Waals surface area contributed by atoms with Gasteiger partial charge in [0.25, 0.3) is 0 Å². The molecule has 78 valence electrons. The van der Waals surface area contributed by atoms with Gasteiger partial charge in [-0.05, 0) is 31.2 Å². The molecule has 1 aromatic rings. The van der Waals surface area contributed by atoms with Crippen LogP contribution in [0.25, 0.3) is 0 Å². The van der Waals surface area contributed by atoms with Gasteiger partial charge in [0.05, 0.1) is 6.61 Å². The summed E-state index contributed by atoms with van der Waals surface area (Å²) in [6.45, 7) is 0.714. The first-order valence-electron chi connectivity index (χ1n) is 4.77. The number of nitrogens with two attached hydrogens (primary N) is 1. The van der Waals surface area contributed by atoms with Gasteiger partial charge in [-0.15, -0.1) is 0 Å². The summed E-state index contributed by atoms with van der Waals surface area (Å²) in [5.41, 5.74) is 7.75. The molecule has 3 N–H and O–H groups in total. The fourth-order valence-corrected chi connectivity index (χ4v) is 1.45. The van der Waals surface area contributed by atoms with Gasteiger partial charge in [-0.3, -0.25) is 0 Å². The summed E-state index contributed by atoms with van der Waals surface area (Å²) in [4.78, 5) is 0. The third-order valence-corrected chi connectivity index (χ3v) is 2.21. The maximum absolute atomic E-state index is 5.70. The Morgan fingerprint density at radius 1 is 1.50 bits per heavy atom. The lowest BCUT2D eigenvalue weighted by molar-refractivity contribution is 0.169. The molecular formula is C11H18N2O. The SMILES string of the molecule is CN[C@H](COC)Cc1cccc(N)c1. The molecular weight excluding hydrogens is 176 g/mol. The lowest BCUT2D eigenvalue weighted by atomic mass is 10.1. The molecule has 0 spiro atoms. The summed E-state index contributed by atoms with van der Waals surface area (Å²) in [6.07, 6.45) is 0.940. The van der Waals surface area contributed by atoms with Crippen LogP contribution in [0.3, 0.4) is 0 Å². The average molecular weight is 194 g/mol. The lowest BCUT2D eigenvalue weighted by Crippen LogP contribution is -2.32. The molecule has 0 bridgehead atoms. The van der Waals surface area contributed by atoms with Gasteiger partial charge in [0.15, 0.2) is 0 Å². The van der Waals surface area contributed by atoms with E-state index in [1.54, 1.807) is 7.11 Å². The number of benzene rings is 1. The largest absolute Gasteiger partial charge is 0.399 e. The quantitative estimate of drug-likeness (QED) is 0.689. The van der Waals surface area contributed by atoms with E-state index in [0.29, 0.717) is 12.6 Å². The number of anilines is 1. The highest BCUT2D eigenvalue weighted by Gasteiger charge is 2.06. The molecule has 0 amide bonds. The van der Waals surface area contributed by atoms with Crippen molar-refractivity contribution in [1.29, 1.82) is 0 Å². The molecule has 0 aliphatic rings. The van der Waals surface area contributed by atoms with Gasteiger partial charge < -0.3 is 15.8 Å². The molecule has 0 saturated heterocycles. The first kappa shape index (κ1) is 11.0. The highest BCUT2D eigenvalue weighted by Crippen LogP contribution is 2.08. The van der Waals surface area contributed by atoms with E-state index < -0.39 is 0 Å². The zero-order valence-electron chi connectivity index (χ0n) is 8.79. The van der Waals surface area contributed by atoms with Gasteiger partial charge in [-0.25, -0.2) is 0 Å². The summed E-state index contributed by atoms with van der Waals surface area (Å²) in [5, 5.41) is 3.21. The van der Waals surface area contributed by atoms with E-state index in [0.717, 1.165) is 12.1 Å². The summed E-state index contributed by atoms with van der Waals surface area (Å²) >= 11 is 0. The summed E-state index contributed by atoms with van der Waals surface area (Å²) in [5.74, 6) is 0. The van der Waals surface area contributed by atoms with E-state index in [9.17, 15) is 0 Å². The van der Waals surface area contributed by atoms with E-state index in [1.807, 2.05) is 25.2 Å². The van der Waals surface area contributed by atoms with Crippen molar-refractivity contribution in [3.8, 4) is 0 Å². The number of likely N-dealkylation sites (N-methyl/N-ethyl adjacent to an activating group) is 1. The molecule has 1 atom stereocenters. The Bertz CT molecular complexity index is 276. The Balaban J connectivity index is 2.57. The third kappa shape index (κ3) is 3.36. The molecule has 0 aromatic heterocycles. The maximum atomic E-state index is 5.70. The second-order valence-corrected chi connectivity index (χ2v) is 3.39. The van der Waals surface area contributed by atoms with Gasteiger partial charge in [-0.1, -0.05) is 12.1 Å². The van der Waals surface area contributed by atoms with Gasteiger partial charge >= 0.3 is 0 Å². The number of hydrogen-bond acceptors (Lipinski definition) is 3. The van der Waals surface area contributed by atoms with Crippen molar-refractivity contribution in [3.63, 3.8) is 0 Å². The number of rotatable bonds is 5. The van der Waals surface area contributed by atoms with Crippen molar-refractivity contribution in [2.75, 3.05) is 26.5 Å². The van der Waals surface area contributed by atoms with E-state index in [4.69, 9.17) is 10.5 Å². The molecule has 0 unspecified atom stereocenters. The van der Waals surface area contributed by atoms with Crippen molar-refractivity contribution < 1.29 is 4.74 Å². The molecule has 3 nitrogen and oxygen atoms in total. The van der Waals surface area contributed by atoms with Crippen LogP contribution < -0.4 is 11.1 Å². The number of ether oxygens (including phenoxy) is 1. The van der Waals surface area contributed by atoms with E-state index in [2.05, 4.69) is 11.4 Å². The zero-order chi connectivity index (χ0) is 10.4. The molecule has 0 heterocycles. The van der Waals surface area contributed by atoms with Crippen LogP contribution >= 0.6 is 0 Å². The Morgan fingerprint density at radius 2 is 2.29 bits per heavy atom. The number of hydrogen-bond donors (Lipinski definition) is 2. The monoisotopic (exact) mass is 194 g/mol. The van der Waals surface area contributed by atoms with Crippen LogP contribution in [-0.2, 0) is 11.2 Å². The van der Waals surface area contributed by atoms with E-state index >= 15 is 0 Å². The van der Waals surface area contributed by atoms with Crippen molar-refractivity contribution >= 4 is 5.69 Å². The standard InChI is InChI=1S/C11H18N2O/c1-13-11(8-14-2)7-9-4-3-5-10(12)6-9/h3-6,11,13H,7-8,12H2,1-2H3/t11-/m0/s1. The second-order valence-electron chi connectivity index (χ2n) is 3.39. The molecule has 14 heavy (non-hydrogen) atoms. The molecule has 0 aliphatic heterocycles. The van der Waals surface area contributed by atoms with Crippen molar-refractivity contribution in [1.82, 2.24) is 5.32 Å². The summed E-state index contributed by atoms with van der Waals surface area (Å²) in [7, 11) is 3.65. The Morgan fingerprint density at radius 3 is 2.86 bits per heavy atom. The Hall–Kier alpha value is -1.06. The van der Waals surface area contributed by atoms with Gasteiger partial charge in [0.2, 0.25) is 0 Å². The van der Waals surface area contributed by atoms with Gasteiger partial charge in [-0.2, -0.15) is 0 Å². The van der Waals surface area contributed by atoms with Crippen LogP contribution in [0.5, 0.6) is 0 Å². The normalized spacial score (nSPS) is 12.7. The van der Waals surface area contributed by atoms with Crippen LogP contribution in [0.1, 0.15) is 5.56 Å². The number of nitrogen functional groups attached to an aromatic ring is 1.